The summed E-state index contributed by atoms with van der Waals surface area (Å²) < 4.78 is 0. The van der Waals surface area contributed by atoms with Crippen molar-refractivity contribution in [1.82, 2.24) is 5.32 Å². The summed E-state index contributed by atoms with van der Waals surface area (Å²) in [6, 6.07) is 0. The van der Waals surface area contributed by atoms with Crippen LogP contribution in [0.4, 0.5) is 0 Å². The maximum absolute atomic E-state index is 10.8. The van der Waals surface area contributed by atoms with Crippen molar-refractivity contribution in [2.24, 2.45) is 23.7 Å². The standard InChI is InChI=1S/C14H25NO/c1-10-9-15-5-4-14(10,16)8-13-7-11-2-3-12(13)6-11/h10-13,15-16H,2-9H2,1H3. The summed E-state index contributed by atoms with van der Waals surface area (Å²) in [6.07, 6.45) is 7.83. The van der Waals surface area contributed by atoms with E-state index in [1.54, 1.807) is 0 Å². The molecule has 3 rings (SSSR count). The average molecular weight is 223 g/mol. The van der Waals surface area contributed by atoms with E-state index >= 15 is 0 Å². The van der Waals surface area contributed by atoms with Crippen LogP contribution in [0.1, 0.15) is 45.4 Å². The van der Waals surface area contributed by atoms with Crippen molar-refractivity contribution in [3.63, 3.8) is 0 Å². The van der Waals surface area contributed by atoms with Gasteiger partial charge in [0.05, 0.1) is 5.60 Å². The molecule has 2 bridgehead atoms. The molecule has 1 saturated heterocycles. The third kappa shape index (κ3) is 1.80. The van der Waals surface area contributed by atoms with E-state index in [2.05, 4.69) is 12.2 Å². The predicted molar refractivity (Wildman–Crippen MR) is 65.2 cm³/mol. The van der Waals surface area contributed by atoms with Crippen LogP contribution in [-0.2, 0) is 0 Å². The maximum Gasteiger partial charge on any atom is 0.0700 e. The molecule has 5 unspecified atom stereocenters. The average Bonchev–Trinajstić information content (AvgIpc) is 2.84. The van der Waals surface area contributed by atoms with Crippen LogP contribution in [-0.4, -0.2) is 23.8 Å². The molecule has 0 radical (unpaired) electrons. The zero-order valence-electron chi connectivity index (χ0n) is 10.4. The Bertz CT molecular complexity index is 267. The predicted octanol–water partition coefficient (Wildman–Crippen LogP) is 2.17. The normalized spacial score (nSPS) is 52.1. The molecule has 0 aromatic rings. The molecule has 2 saturated carbocycles. The summed E-state index contributed by atoms with van der Waals surface area (Å²) in [4.78, 5) is 0. The first-order valence-electron chi connectivity index (χ1n) is 7.10. The zero-order valence-corrected chi connectivity index (χ0v) is 10.4. The number of hydrogen-bond donors (Lipinski definition) is 2. The molecule has 1 heterocycles. The van der Waals surface area contributed by atoms with E-state index in [0.717, 1.165) is 43.7 Å². The summed E-state index contributed by atoms with van der Waals surface area (Å²) in [5.41, 5.74) is -0.361. The van der Waals surface area contributed by atoms with Gasteiger partial charge in [0.25, 0.3) is 0 Å². The van der Waals surface area contributed by atoms with Crippen molar-refractivity contribution in [1.29, 1.82) is 0 Å². The van der Waals surface area contributed by atoms with Crippen molar-refractivity contribution in [2.75, 3.05) is 13.1 Å². The second-order valence-electron chi connectivity index (χ2n) is 6.60. The van der Waals surface area contributed by atoms with Crippen molar-refractivity contribution >= 4 is 0 Å². The molecule has 0 amide bonds. The number of piperidine rings is 1. The molecule has 92 valence electrons. The Morgan fingerprint density at radius 3 is 2.81 bits per heavy atom. The van der Waals surface area contributed by atoms with E-state index < -0.39 is 0 Å². The lowest BCUT2D eigenvalue weighted by atomic mass is 9.73. The second kappa shape index (κ2) is 3.99. The van der Waals surface area contributed by atoms with Gasteiger partial charge in [-0.25, -0.2) is 0 Å². The smallest absolute Gasteiger partial charge is 0.0700 e. The Balaban J connectivity index is 1.64. The van der Waals surface area contributed by atoms with Crippen LogP contribution >= 0.6 is 0 Å². The summed E-state index contributed by atoms with van der Waals surface area (Å²) in [7, 11) is 0. The van der Waals surface area contributed by atoms with E-state index in [4.69, 9.17) is 0 Å². The van der Waals surface area contributed by atoms with Crippen LogP contribution in [0.2, 0.25) is 0 Å². The fourth-order valence-corrected chi connectivity index (χ4v) is 4.44. The quantitative estimate of drug-likeness (QED) is 0.752. The van der Waals surface area contributed by atoms with Gasteiger partial charge in [0.1, 0.15) is 0 Å². The number of aliphatic hydroxyl groups is 1. The van der Waals surface area contributed by atoms with Crippen LogP contribution < -0.4 is 5.32 Å². The van der Waals surface area contributed by atoms with E-state index in [1.807, 2.05) is 0 Å². The molecular weight excluding hydrogens is 198 g/mol. The molecule has 2 N–H and O–H groups in total. The molecule has 16 heavy (non-hydrogen) atoms. The largest absolute Gasteiger partial charge is 0.390 e. The van der Waals surface area contributed by atoms with E-state index in [-0.39, 0.29) is 5.60 Å². The molecular formula is C14H25NO. The zero-order chi connectivity index (χ0) is 11.2. The maximum atomic E-state index is 10.8. The van der Waals surface area contributed by atoms with Gasteiger partial charge in [0, 0.05) is 6.54 Å². The van der Waals surface area contributed by atoms with Crippen LogP contribution in [0.25, 0.3) is 0 Å². The molecule has 0 aromatic heterocycles. The lowest BCUT2D eigenvalue weighted by Gasteiger charge is -2.41. The lowest BCUT2D eigenvalue weighted by molar-refractivity contribution is -0.0578. The Labute approximate surface area is 98.8 Å². The van der Waals surface area contributed by atoms with Crippen LogP contribution in [0.15, 0.2) is 0 Å². The number of hydrogen-bond acceptors (Lipinski definition) is 2. The molecule has 5 atom stereocenters. The van der Waals surface area contributed by atoms with E-state index in [0.29, 0.717) is 5.92 Å². The molecule has 3 fully saturated rings. The number of rotatable bonds is 2. The fraction of sp³-hybridized carbons (Fsp3) is 1.00. The molecule has 2 nitrogen and oxygen atoms in total. The summed E-state index contributed by atoms with van der Waals surface area (Å²) in [5.74, 6) is 3.23. The highest BCUT2D eigenvalue weighted by atomic mass is 16.3. The Morgan fingerprint density at radius 2 is 2.19 bits per heavy atom. The van der Waals surface area contributed by atoms with Gasteiger partial charge < -0.3 is 10.4 Å². The second-order valence-corrected chi connectivity index (χ2v) is 6.60. The van der Waals surface area contributed by atoms with Gasteiger partial charge in [-0.15, -0.1) is 0 Å². The van der Waals surface area contributed by atoms with Gasteiger partial charge >= 0.3 is 0 Å². The highest BCUT2D eigenvalue weighted by molar-refractivity contribution is 4.97. The first-order valence-corrected chi connectivity index (χ1v) is 7.10. The van der Waals surface area contributed by atoms with Gasteiger partial charge in [0.15, 0.2) is 0 Å². The van der Waals surface area contributed by atoms with Gasteiger partial charge in [-0.3, -0.25) is 0 Å². The molecule has 2 heteroatoms. The first-order chi connectivity index (χ1) is 7.67. The summed E-state index contributed by atoms with van der Waals surface area (Å²) >= 11 is 0. The highest BCUT2D eigenvalue weighted by Crippen LogP contribution is 2.51. The third-order valence-corrected chi connectivity index (χ3v) is 5.60. The number of nitrogens with one attached hydrogen (secondary N) is 1. The summed E-state index contributed by atoms with van der Waals surface area (Å²) in [5, 5.41) is 14.2. The Kier molecular flexibility index (Phi) is 2.75. The Morgan fingerprint density at radius 1 is 1.31 bits per heavy atom. The molecule has 3 aliphatic rings. The van der Waals surface area contributed by atoms with Crippen LogP contribution in [0, 0.1) is 23.7 Å². The highest BCUT2D eigenvalue weighted by Gasteiger charge is 2.45. The van der Waals surface area contributed by atoms with Crippen molar-refractivity contribution in [2.45, 2.75) is 51.0 Å². The summed E-state index contributed by atoms with van der Waals surface area (Å²) in [6.45, 7) is 4.21. The van der Waals surface area contributed by atoms with Crippen molar-refractivity contribution < 1.29 is 5.11 Å². The third-order valence-electron chi connectivity index (χ3n) is 5.60. The van der Waals surface area contributed by atoms with E-state index in [9.17, 15) is 5.11 Å². The SMILES string of the molecule is CC1CNCCC1(O)CC1CC2CCC1C2. The van der Waals surface area contributed by atoms with Crippen LogP contribution in [0.5, 0.6) is 0 Å². The van der Waals surface area contributed by atoms with Gasteiger partial charge in [-0.1, -0.05) is 13.3 Å². The molecule has 0 spiro atoms. The Hall–Kier alpha value is -0.0800. The minimum Gasteiger partial charge on any atom is -0.390 e. The van der Waals surface area contributed by atoms with Crippen molar-refractivity contribution in [3.05, 3.63) is 0 Å². The minimum absolute atomic E-state index is 0.361. The lowest BCUT2D eigenvalue weighted by Crippen LogP contribution is -2.50. The molecule has 1 aliphatic heterocycles. The molecule has 0 aromatic carbocycles. The van der Waals surface area contributed by atoms with Gasteiger partial charge in [-0.05, 0) is 62.3 Å². The van der Waals surface area contributed by atoms with Gasteiger partial charge in [0.2, 0.25) is 0 Å². The van der Waals surface area contributed by atoms with Crippen molar-refractivity contribution in [3.8, 4) is 0 Å². The number of fused-ring (bicyclic) bond motifs is 2. The van der Waals surface area contributed by atoms with Crippen LogP contribution in [0.3, 0.4) is 0 Å². The topological polar surface area (TPSA) is 32.3 Å². The fourth-order valence-electron chi connectivity index (χ4n) is 4.44. The van der Waals surface area contributed by atoms with Gasteiger partial charge in [-0.2, -0.15) is 0 Å². The van der Waals surface area contributed by atoms with E-state index in [1.165, 1.54) is 25.7 Å². The monoisotopic (exact) mass is 223 g/mol. The first kappa shape index (κ1) is 11.0. The molecule has 2 aliphatic carbocycles. The minimum atomic E-state index is -0.361.